The number of carboxylic acids is 1. The molecule has 3 fully saturated rings. The van der Waals surface area contributed by atoms with Crippen LogP contribution in [0.15, 0.2) is 0 Å². The molecular weight excluding hydrogens is 228 g/mol. The Morgan fingerprint density at radius 1 is 1.00 bits per heavy atom. The number of carboxylic acid groups (broad SMARTS) is 1. The number of rotatable bonds is 4. The molecule has 0 aromatic rings. The number of hydrogen-bond donors (Lipinski definition) is 1. The number of nitrogens with zero attached hydrogens (tertiary/aromatic N) is 2. The molecule has 0 amide bonds. The van der Waals surface area contributed by atoms with Gasteiger partial charge in [0.25, 0.3) is 0 Å². The van der Waals surface area contributed by atoms with E-state index in [9.17, 15) is 9.90 Å². The summed E-state index contributed by atoms with van der Waals surface area (Å²) in [6.45, 7) is 4.04. The summed E-state index contributed by atoms with van der Waals surface area (Å²) < 4.78 is 0. The Labute approximate surface area is 109 Å². The monoisotopic (exact) mass is 252 g/mol. The fourth-order valence-corrected chi connectivity index (χ4v) is 3.72. The third kappa shape index (κ3) is 2.54. The Hall–Kier alpha value is -0.610. The van der Waals surface area contributed by atoms with E-state index < -0.39 is 5.97 Å². The Morgan fingerprint density at radius 3 is 2.11 bits per heavy atom. The van der Waals surface area contributed by atoms with Crippen LogP contribution in [0.4, 0.5) is 0 Å². The molecule has 2 aliphatic carbocycles. The maximum Gasteiger partial charge on any atom is 0.321 e. The molecule has 102 valence electrons. The van der Waals surface area contributed by atoms with Gasteiger partial charge in [-0.3, -0.25) is 14.6 Å². The van der Waals surface area contributed by atoms with Crippen molar-refractivity contribution >= 4 is 5.97 Å². The third-order valence-electron chi connectivity index (χ3n) is 4.90. The smallest absolute Gasteiger partial charge is 0.321 e. The first-order valence-corrected chi connectivity index (χ1v) is 7.46. The number of aliphatic carboxylic acids is 1. The third-order valence-corrected chi connectivity index (χ3v) is 4.90. The number of carbonyl (C=O) groups is 1. The molecule has 0 aromatic heterocycles. The summed E-state index contributed by atoms with van der Waals surface area (Å²) in [5, 5.41) is 9.36. The van der Waals surface area contributed by atoms with Crippen LogP contribution in [0.2, 0.25) is 0 Å². The first-order valence-electron chi connectivity index (χ1n) is 7.46. The lowest BCUT2D eigenvalue weighted by atomic mass is 10.1. The average Bonchev–Trinajstić information content (AvgIpc) is 3.04. The van der Waals surface area contributed by atoms with E-state index in [-0.39, 0.29) is 6.04 Å². The topological polar surface area (TPSA) is 43.8 Å². The molecule has 0 radical (unpaired) electrons. The van der Waals surface area contributed by atoms with Gasteiger partial charge in [0.15, 0.2) is 0 Å². The van der Waals surface area contributed by atoms with Gasteiger partial charge in [0, 0.05) is 32.2 Å². The largest absolute Gasteiger partial charge is 0.480 e. The molecule has 1 unspecified atom stereocenters. The lowest BCUT2D eigenvalue weighted by molar-refractivity contribution is -0.145. The van der Waals surface area contributed by atoms with E-state index in [4.69, 9.17) is 0 Å². The molecule has 1 aliphatic heterocycles. The van der Waals surface area contributed by atoms with Crippen molar-refractivity contribution in [3.05, 3.63) is 0 Å². The van der Waals surface area contributed by atoms with Crippen LogP contribution >= 0.6 is 0 Å². The van der Waals surface area contributed by atoms with Crippen LogP contribution in [0.1, 0.15) is 38.5 Å². The highest BCUT2D eigenvalue weighted by Gasteiger charge is 2.41. The van der Waals surface area contributed by atoms with Crippen molar-refractivity contribution in [2.24, 2.45) is 5.92 Å². The molecule has 1 N–H and O–H groups in total. The molecule has 0 spiro atoms. The molecule has 3 aliphatic rings. The van der Waals surface area contributed by atoms with Crippen LogP contribution in [0.3, 0.4) is 0 Å². The van der Waals surface area contributed by atoms with Crippen LogP contribution < -0.4 is 0 Å². The second kappa shape index (κ2) is 5.17. The van der Waals surface area contributed by atoms with Crippen molar-refractivity contribution in [1.29, 1.82) is 0 Å². The highest BCUT2D eigenvalue weighted by Crippen LogP contribution is 2.36. The molecule has 4 heteroatoms. The van der Waals surface area contributed by atoms with Crippen LogP contribution in [-0.4, -0.2) is 59.1 Å². The highest BCUT2D eigenvalue weighted by molar-refractivity contribution is 5.74. The molecule has 2 saturated carbocycles. The van der Waals surface area contributed by atoms with E-state index in [1.54, 1.807) is 0 Å². The van der Waals surface area contributed by atoms with E-state index in [0.29, 0.717) is 5.92 Å². The van der Waals surface area contributed by atoms with Gasteiger partial charge >= 0.3 is 5.97 Å². The first kappa shape index (κ1) is 12.4. The van der Waals surface area contributed by atoms with E-state index in [1.165, 1.54) is 25.7 Å². The fourth-order valence-electron chi connectivity index (χ4n) is 3.72. The Bertz CT molecular complexity index is 303. The van der Waals surface area contributed by atoms with E-state index in [2.05, 4.69) is 9.80 Å². The second-order valence-corrected chi connectivity index (χ2v) is 6.13. The van der Waals surface area contributed by atoms with E-state index in [1.807, 2.05) is 0 Å². The van der Waals surface area contributed by atoms with E-state index in [0.717, 1.165) is 45.1 Å². The molecule has 0 bridgehead atoms. The van der Waals surface area contributed by atoms with Gasteiger partial charge in [-0.1, -0.05) is 12.8 Å². The summed E-state index contributed by atoms with van der Waals surface area (Å²) in [5.74, 6) is -0.174. The molecule has 4 nitrogen and oxygen atoms in total. The summed E-state index contributed by atoms with van der Waals surface area (Å²) in [7, 11) is 0. The lowest BCUT2D eigenvalue weighted by Crippen LogP contribution is -2.55. The van der Waals surface area contributed by atoms with Crippen LogP contribution in [0.25, 0.3) is 0 Å². The lowest BCUT2D eigenvalue weighted by Gasteiger charge is -2.40. The van der Waals surface area contributed by atoms with Gasteiger partial charge in [-0.2, -0.15) is 0 Å². The zero-order valence-corrected chi connectivity index (χ0v) is 11.1. The van der Waals surface area contributed by atoms with Crippen molar-refractivity contribution in [2.45, 2.75) is 50.6 Å². The summed E-state index contributed by atoms with van der Waals surface area (Å²) in [4.78, 5) is 16.2. The maximum absolute atomic E-state index is 11.4. The number of hydrogen-bond acceptors (Lipinski definition) is 3. The predicted molar refractivity (Wildman–Crippen MR) is 69.5 cm³/mol. The van der Waals surface area contributed by atoms with Crippen molar-refractivity contribution in [2.75, 3.05) is 26.2 Å². The van der Waals surface area contributed by atoms with Crippen molar-refractivity contribution < 1.29 is 9.90 Å². The summed E-state index contributed by atoms with van der Waals surface area (Å²) in [5.41, 5.74) is 0. The summed E-state index contributed by atoms with van der Waals surface area (Å²) in [6.07, 6.45) is 7.69. The molecule has 0 aromatic carbocycles. The van der Waals surface area contributed by atoms with Gasteiger partial charge in [-0.15, -0.1) is 0 Å². The van der Waals surface area contributed by atoms with Crippen molar-refractivity contribution in [3.8, 4) is 0 Å². The average molecular weight is 252 g/mol. The zero-order chi connectivity index (χ0) is 12.5. The minimum Gasteiger partial charge on any atom is -0.480 e. The number of piperazine rings is 1. The van der Waals surface area contributed by atoms with E-state index >= 15 is 0 Å². The van der Waals surface area contributed by atoms with Gasteiger partial charge in [0.05, 0.1) is 0 Å². The Morgan fingerprint density at radius 2 is 1.61 bits per heavy atom. The van der Waals surface area contributed by atoms with Gasteiger partial charge in [0.2, 0.25) is 0 Å². The zero-order valence-electron chi connectivity index (χ0n) is 11.1. The Balaban J connectivity index is 1.53. The van der Waals surface area contributed by atoms with Gasteiger partial charge in [-0.25, -0.2) is 0 Å². The molecule has 3 rings (SSSR count). The SMILES string of the molecule is O=C(O)C(C1CC1)N1CCN(C2CCCC2)CC1. The molecule has 18 heavy (non-hydrogen) atoms. The van der Waals surface area contributed by atoms with Gasteiger partial charge in [-0.05, 0) is 31.6 Å². The second-order valence-electron chi connectivity index (χ2n) is 6.13. The molecule has 1 atom stereocenters. The van der Waals surface area contributed by atoms with Crippen LogP contribution in [0, 0.1) is 5.92 Å². The first-order chi connectivity index (χ1) is 8.75. The summed E-state index contributed by atoms with van der Waals surface area (Å²) in [6, 6.07) is 0.590. The Kier molecular flexibility index (Phi) is 3.57. The molecule has 1 saturated heterocycles. The van der Waals surface area contributed by atoms with Crippen LogP contribution in [0.5, 0.6) is 0 Å². The maximum atomic E-state index is 11.4. The standard InChI is InChI=1S/C14H24N2O2/c17-14(18)13(11-5-6-11)16-9-7-15(8-10-16)12-3-1-2-4-12/h11-13H,1-10H2,(H,17,18). The highest BCUT2D eigenvalue weighted by atomic mass is 16.4. The minimum atomic E-state index is -0.605. The predicted octanol–water partition coefficient (Wildman–Crippen LogP) is 1.41. The van der Waals surface area contributed by atoms with Crippen LogP contribution in [-0.2, 0) is 4.79 Å². The quantitative estimate of drug-likeness (QED) is 0.821. The van der Waals surface area contributed by atoms with Crippen molar-refractivity contribution in [3.63, 3.8) is 0 Å². The summed E-state index contributed by atoms with van der Waals surface area (Å²) >= 11 is 0. The molecular formula is C14H24N2O2. The fraction of sp³-hybridized carbons (Fsp3) is 0.929. The van der Waals surface area contributed by atoms with Crippen molar-refractivity contribution in [1.82, 2.24) is 9.80 Å². The van der Waals surface area contributed by atoms with Gasteiger partial charge in [0.1, 0.15) is 6.04 Å². The minimum absolute atomic E-state index is 0.198. The van der Waals surface area contributed by atoms with Gasteiger partial charge < -0.3 is 5.11 Å². The normalized spacial score (nSPS) is 29.6. The molecule has 1 heterocycles.